The van der Waals surface area contributed by atoms with E-state index in [4.69, 9.17) is 5.26 Å². The number of nitriles is 1. The molecule has 0 atom stereocenters. The Balaban J connectivity index is 1.75. The summed E-state index contributed by atoms with van der Waals surface area (Å²) in [4.78, 5) is 6.70. The maximum absolute atomic E-state index is 12.9. The van der Waals surface area contributed by atoms with Gasteiger partial charge in [-0.2, -0.15) is 9.57 Å². The van der Waals surface area contributed by atoms with Crippen molar-refractivity contribution in [1.82, 2.24) is 9.29 Å². The maximum Gasteiger partial charge on any atom is 0.243 e. The highest BCUT2D eigenvalue weighted by Gasteiger charge is 2.30. The predicted octanol–water partition coefficient (Wildman–Crippen LogP) is 2.08. The molecule has 0 aliphatic carbocycles. The summed E-state index contributed by atoms with van der Waals surface area (Å²) in [6.45, 7) is 5.69. The molecule has 130 valence electrons. The van der Waals surface area contributed by atoms with Crippen LogP contribution < -0.4 is 4.90 Å². The van der Waals surface area contributed by atoms with Gasteiger partial charge in [-0.25, -0.2) is 13.4 Å². The number of sulfonamides is 1. The van der Waals surface area contributed by atoms with Gasteiger partial charge in [-0.05, 0) is 43.2 Å². The Kier molecular flexibility index (Phi) is 4.75. The molecule has 3 rings (SSSR count). The smallest absolute Gasteiger partial charge is 0.243 e. The Morgan fingerprint density at radius 3 is 2.40 bits per heavy atom. The molecule has 0 N–H and O–H groups in total. The lowest BCUT2D eigenvalue weighted by Crippen LogP contribution is -2.49. The minimum absolute atomic E-state index is 0.387. The lowest BCUT2D eigenvalue weighted by atomic mass is 10.2. The van der Waals surface area contributed by atoms with Crippen molar-refractivity contribution in [1.29, 1.82) is 5.26 Å². The van der Waals surface area contributed by atoms with E-state index in [-0.39, 0.29) is 0 Å². The van der Waals surface area contributed by atoms with E-state index in [0.29, 0.717) is 36.6 Å². The number of pyridine rings is 1. The lowest BCUT2D eigenvalue weighted by Gasteiger charge is -2.35. The van der Waals surface area contributed by atoms with E-state index in [2.05, 4.69) is 4.98 Å². The fraction of sp³-hybridized carbons (Fsp3) is 0.333. The van der Waals surface area contributed by atoms with E-state index in [1.807, 2.05) is 36.9 Å². The minimum atomic E-state index is -3.49. The second-order valence-corrected chi connectivity index (χ2v) is 8.08. The first-order chi connectivity index (χ1) is 11.9. The molecule has 6 nitrogen and oxygen atoms in total. The number of hydrogen-bond donors (Lipinski definition) is 0. The molecule has 2 aromatic rings. The fourth-order valence-corrected chi connectivity index (χ4v) is 4.65. The van der Waals surface area contributed by atoms with Gasteiger partial charge in [0.2, 0.25) is 10.0 Å². The van der Waals surface area contributed by atoms with Crippen molar-refractivity contribution in [2.75, 3.05) is 31.1 Å². The largest absolute Gasteiger partial charge is 0.354 e. The van der Waals surface area contributed by atoms with E-state index >= 15 is 0 Å². The summed E-state index contributed by atoms with van der Waals surface area (Å²) in [5, 5.41) is 8.84. The molecule has 1 fully saturated rings. The number of rotatable bonds is 3. The SMILES string of the molecule is Cc1ccc(C)c(S(=O)(=O)N2CCN(c3ccc(C#N)cn3)CC2)c1. The van der Waals surface area contributed by atoms with Crippen molar-refractivity contribution >= 4 is 15.8 Å². The van der Waals surface area contributed by atoms with Gasteiger partial charge >= 0.3 is 0 Å². The van der Waals surface area contributed by atoms with Crippen LogP contribution in [-0.4, -0.2) is 43.9 Å². The Bertz CT molecular complexity index is 909. The number of aryl methyl sites for hydroxylation is 2. The first kappa shape index (κ1) is 17.4. The van der Waals surface area contributed by atoms with E-state index < -0.39 is 10.0 Å². The molecule has 2 heterocycles. The number of nitrogens with zero attached hydrogens (tertiary/aromatic N) is 4. The number of benzene rings is 1. The quantitative estimate of drug-likeness (QED) is 0.841. The molecular formula is C18H20N4O2S. The first-order valence-electron chi connectivity index (χ1n) is 8.10. The van der Waals surface area contributed by atoms with Gasteiger partial charge in [0.25, 0.3) is 0 Å². The van der Waals surface area contributed by atoms with Gasteiger partial charge in [0.1, 0.15) is 11.9 Å². The topological polar surface area (TPSA) is 77.3 Å². The van der Waals surface area contributed by atoms with Crippen molar-refractivity contribution in [3.63, 3.8) is 0 Å². The Labute approximate surface area is 148 Å². The molecule has 0 bridgehead atoms. The van der Waals surface area contributed by atoms with Gasteiger partial charge in [-0.1, -0.05) is 12.1 Å². The second-order valence-electron chi connectivity index (χ2n) is 6.18. The first-order valence-corrected chi connectivity index (χ1v) is 9.54. The Morgan fingerprint density at radius 2 is 1.80 bits per heavy atom. The third kappa shape index (κ3) is 3.50. The molecule has 7 heteroatoms. The molecule has 0 saturated carbocycles. The van der Waals surface area contributed by atoms with Crippen molar-refractivity contribution in [2.45, 2.75) is 18.7 Å². The standard InChI is InChI=1S/C18H20N4O2S/c1-14-3-4-15(2)17(11-14)25(23,24)22-9-7-21(8-10-22)18-6-5-16(12-19)13-20-18/h3-6,11,13H,7-10H2,1-2H3. The predicted molar refractivity (Wildman–Crippen MR) is 95.8 cm³/mol. The molecule has 25 heavy (non-hydrogen) atoms. The molecule has 0 unspecified atom stereocenters. The van der Waals surface area contributed by atoms with Crippen LogP contribution >= 0.6 is 0 Å². The van der Waals surface area contributed by atoms with Crippen LogP contribution in [0.15, 0.2) is 41.4 Å². The van der Waals surface area contributed by atoms with Crippen molar-refractivity contribution in [3.05, 3.63) is 53.2 Å². The lowest BCUT2D eigenvalue weighted by molar-refractivity contribution is 0.383. The number of aromatic nitrogens is 1. The van der Waals surface area contributed by atoms with Gasteiger partial charge < -0.3 is 4.90 Å². The summed E-state index contributed by atoms with van der Waals surface area (Å²) in [7, 11) is -3.49. The summed E-state index contributed by atoms with van der Waals surface area (Å²) in [6, 6.07) is 11.1. The van der Waals surface area contributed by atoms with Crippen LogP contribution in [0.5, 0.6) is 0 Å². The monoisotopic (exact) mass is 356 g/mol. The molecular weight excluding hydrogens is 336 g/mol. The van der Waals surface area contributed by atoms with Crippen molar-refractivity contribution in [3.8, 4) is 6.07 Å². The molecule has 1 aliphatic rings. The maximum atomic E-state index is 12.9. The highest BCUT2D eigenvalue weighted by Crippen LogP contribution is 2.23. The zero-order valence-electron chi connectivity index (χ0n) is 14.3. The zero-order chi connectivity index (χ0) is 18.0. The summed E-state index contributed by atoms with van der Waals surface area (Å²) >= 11 is 0. The number of piperazine rings is 1. The van der Waals surface area contributed by atoms with Crippen LogP contribution in [0.3, 0.4) is 0 Å². The summed E-state index contributed by atoms with van der Waals surface area (Å²) in [5.74, 6) is 0.766. The zero-order valence-corrected chi connectivity index (χ0v) is 15.1. The van der Waals surface area contributed by atoms with Crippen LogP contribution in [0.25, 0.3) is 0 Å². The van der Waals surface area contributed by atoms with E-state index in [1.54, 1.807) is 18.2 Å². The third-order valence-corrected chi connectivity index (χ3v) is 6.44. The minimum Gasteiger partial charge on any atom is -0.354 e. The Hall–Kier alpha value is -2.43. The van der Waals surface area contributed by atoms with Gasteiger partial charge in [-0.15, -0.1) is 0 Å². The summed E-state index contributed by atoms with van der Waals surface area (Å²) in [5.41, 5.74) is 2.21. The average molecular weight is 356 g/mol. The van der Waals surface area contributed by atoms with Crippen molar-refractivity contribution < 1.29 is 8.42 Å². The highest BCUT2D eigenvalue weighted by atomic mass is 32.2. The van der Waals surface area contributed by atoms with E-state index in [0.717, 1.165) is 16.9 Å². The van der Waals surface area contributed by atoms with E-state index in [1.165, 1.54) is 10.5 Å². The highest BCUT2D eigenvalue weighted by molar-refractivity contribution is 7.89. The fourth-order valence-electron chi connectivity index (χ4n) is 2.92. The second kappa shape index (κ2) is 6.82. The molecule has 0 amide bonds. The third-order valence-electron chi connectivity index (χ3n) is 4.40. The molecule has 0 spiro atoms. The number of hydrogen-bond acceptors (Lipinski definition) is 5. The van der Waals surface area contributed by atoms with Gasteiger partial charge in [0, 0.05) is 32.4 Å². The molecule has 1 aromatic heterocycles. The van der Waals surface area contributed by atoms with Gasteiger partial charge in [0.05, 0.1) is 10.5 Å². The Morgan fingerprint density at radius 1 is 1.08 bits per heavy atom. The molecule has 1 aliphatic heterocycles. The van der Waals surface area contributed by atoms with Crippen molar-refractivity contribution in [2.24, 2.45) is 0 Å². The van der Waals surface area contributed by atoms with Gasteiger partial charge in [0.15, 0.2) is 0 Å². The molecule has 1 aromatic carbocycles. The summed E-state index contributed by atoms with van der Waals surface area (Å²) in [6.07, 6.45) is 1.54. The van der Waals surface area contributed by atoms with Crippen LogP contribution in [0.4, 0.5) is 5.82 Å². The van der Waals surface area contributed by atoms with Crippen LogP contribution in [0.1, 0.15) is 16.7 Å². The van der Waals surface area contributed by atoms with Crippen LogP contribution in [-0.2, 0) is 10.0 Å². The summed E-state index contributed by atoms with van der Waals surface area (Å²) < 4.78 is 27.4. The van der Waals surface area contributed by atoms with Gasteiger partial charge in [-0.3, -0.25) is 0 Å². The molecule has 1 saturated heterocycles. The average Bonchev–Trinajstić information content (AvgIpc) is 2.64. The van der Waals surface area contributed by atoms with Crippen LogP contribution in [0, 0.1) is 25.2 Å². The number of anilines is 1. The normalized spacial score (nSPS) is 15.8. The molecule has 0 radical (unpaired) electrons. The van der Waals surface area contributed by atoms with Crippen LogP contribution in [0.2, 0.25) is 0 Å². The van der Waals surface area contributed by atoms with E-state index in [9.17, 15) is 8.42 Å².